The Labute approximate surface area is 105 Å². The van der Waals surface area contributed by atoms with Crippen LogP contribution in [0.4, 0.5) is 4.79 Å². The van der Waals surface area contributed by atoms with Gasteiger partial charge in [0.05, 0.1) is 12.5 Å². The lowest BCUT2D eigenvalue weighted by Gasteiger charge is -2.08. The Kier molecular flexibility index (Phi) is 5.69. The zero-order valence-corrected chi connectivity index (χ0v) is 10.2. The Bertz CT molecular complexity index is 378. The van der Waals surface area contributed by atoms with Crippen LogP contribution in [-0.4, -0.2) is 28.8 Å². The lowest BCUT2D eigenvalue weighted by molar-refractivity contribution is -0.141. The quantitative estimate of drug-likeness (QED) is 0.630. The highest BCUT2D eigenvalue weighted by atomic mass is 16.5. The fourth-order valence-corrected chi connectivity index (χ4v) is 1.30. The third-order valence-electron chi connectivity index (χ3n) is 2.44. The third kappa shape index (κ3) is 5.33. The molecule has 0 fully saturated rings. The predicted molar refractivity (Wildman–Crippen MR) is 62.8 cm³/mol. The van der Waals surface area contributed by atoms with Crippen molar-refractivity contribution in [3.8, 4) is 0 Å². The smallest absolute Gasteiger partial charge is 0.315 e. The summed E-state index contributed by atoms with van der Waals surface area (Å²) in [5.74, 6) is -1.20. The first-order valence-electron chi connectivity index (χ1n) is 5.73. The van der Waals surface area contributed by atoms with Crippen molar-refractivity contribution in [1.82, 2.24) is 15.8 Å². The minimum Gasteiger partial charge on any atom is -0.481 e. The number of hydrogen-bond acceptors (Lipinski definition) is 4. The molecule has 1 unspecified atom stereocenters. The van der Waals surface area contributed by atoms with E-state index in [1.54, 1.807) is 13.0 Å². The van der Waals surface area contributed by atoms with Gasteiger partial charge in [-0.05, 0) is 12.8 Å². The SMILES string of the molecule is CC(CCCNC(=O)NCc1ccon1)C(=O)O. The first kappa shape index (κ1) is 14.0. The number of carboxylic acids is 1. The van der Waals surface area contributed by atoms with Gasteiger partial charge >= 0.3 is 12.0 Å². The fourth-order valence-electron chi connectivity index (χ4n) is 1.30. The second-order valence-electron chi connectivity index (χ2n) is 3.98. The van der Waals surface area contributed by atoms with Crippen LogP contribution in [0.5, 0.6) is 0 Å². The molecule has 0 aliphatic heterocycles. The molecule has 1 rings (SSSR count). The predicted octanol–water partition coefficient (Wildman–Crippen LogP) is 0.975. The monoisotopic (exact) mass is 255 g/mol. The largest absolute Gasteiger partial charge is 0.481 e. The van der Waals surface area contributed by atoms with Crippen LogP contribution >= 0.6 is 0 Å². The summed E-state index contributed by atoms with van der Waals surface area (Å²) >= 11 is 0. The zero-order chi connectivity index (χ0) is 13.4. The van der Waals surface area contributed by atoms with Gasteiger partial charge in [-0.3, -0.25) is 4.79 Å². The van der Waals surface area contributed by atoms with E-state index < -0.39 is 5.97 Å². The van der Waals surface area contributed by atoms with Gasteiger partial charge in [0.15, 0.2) is 0 Å². The molecular weight excluding hydrogens is 238 g/mol. The van der Waals surface area contributed by atoms with Crippen LogP contribution in [0.2, 0.25) is 0 Å². The Morgan fingerprint density at radius 1 is 1.50 bits per heavy atom. The number of aromatic nitrogens is 1. The van der Waals surface area contributed by atoms with Crippen LogP contribution in [-0.2, 0) is 11.3 Å². The number of amides is 2. The van der Waals surface area contributed by atoms with Crippen molar-refractivity contribution in [2.24, 2.45) is 5.92 Å². The Morgan fingerprint density at radius 3 is 2.89 bits per heavy atom. The normalized spacial score (nSPS) is 11.8. The number of nitrogens with one attached hydrogen (secondary N) is 2. The van der Waals surface area contributed by atoms with Gasteiger partial charge in [0.25, 0.3) is 0 Å². The maximum absolute atomic E-state index is 11.3. The molecule has 0 spiro atoms. The molecule has 0 saturated carbocycles. The minimum atomic E-state index is -0.814. The van der Waals surface area contributed by atoms with Crippen molar-refractivity contribution in [1.29, 1.82) is 0 Å². The van der Waals surface area contributed by atoms with Crippen LogP contribution in [0, 0.1) is 5.92 Å². The van der Waals surface area contributed by atoms with Gasteiger partial charge in [0.1, 0.15) is 12.0 Å². The molecule has 0 bridgehead atoms. The number of carbonyl (C=O) groups excluding carboxylic acids is 1. The summed E-state index contributed by atoms with van der Waals surface area (Å²) in [4.78, 5) is 21.9. The van der Waals surface area contributed by atoms with E-state index in [0.29, 0.717) is 31.6 Å². The molecule has 2 amide bonds. The van der Waals surface area contributed by atoms with E-state index in [1.165, 1.54) is 6.26 Å². The average Bonchev–Trinajstić information content (AvgIpc) is 2.84. The van der Waals surface area contributed by atoms with Crippen molar-refractivity contribution >= 4 is 12.0 Å². The molecule has 100 valence electrons. The average molecular weight is 255 g/mol. The first-order chi connectivity index (χ1) is 8.59. The van der Waals surface area contributed by atoms with Crippen LogP contribution in [0.3, 0.4) is 0 Å². The molecule has 7 heteroatoms. The van der Waals surface area contributed by atoms with Gasteiger partial charge in [0.2, 0.25) is 0 Å². The molecular formula is C11H17N3O4. The lowest BCUT2D eigenvalue weighted by Crippen LogP contribution is -2.35. The van der Waals surface area contributed by atoms with Gasteiger partial charge in [-0.25, -0.2) is 4.79 Å². The Morgan fingerprint density at radius 2 is 2.28 bits per heavy atom. The summed E-state index contributed by atoms with van der Waals surface area (Å²) in [5.41, 5.74) is 0.643. The number of rotatable bonds is 7. The zero-order valence-electron chi connectivity index (χ0n) is 10.2. The summed E-state index contributed by atoms with van der Waals surface area (Å²) in [5, 5.41) is 17.6. The number of nitrogens with zero attached hydrogens (tertiary/aromatic N) is 1. The highest BCUT2D eigenvalue weighted by Gasteiger charge is 2.10. The van der Waals surface area contributed by atoms with Gasteiger partial charge in [-0.2, -0.15) is 0 Å². The summed E-state index contributed by atoms with van der Waals surface area (Å²) < 4.78 is 4.62. The van der Waals surface area contributed by atoms with E-state index in [9.17, 15) is 9.59 Å². The van der Waals surface area contributed by atoms with Crippen LogP contribution in [0.15, 0.2) is 16.9 Å². The molecule has 1 aromatic heterocycles. The molecule has 1 aromatic rings. The Hall–Kier alpha value is -2.05. The van der Waals surface area contributed by atoms with Crippen molar-refractivity contribution < 1.29 is 19.2 Å². The second kappa shape index (κ2) is 7.31. The molecule has 0 aromatic carbocycles. The molecule has 1 heterocycles. The van der Waals surface area contributed by atoms with Gasteiger partial charge < -0.3 is 20.3 Å². The van der Waals surface area contributed by atoms with Crippen LogP contribution in [0.1, 0.15) is 25.5 Å². The van der Waals surface area contributed by atoms with Crippen molar-refractivity contribution in [3.05, 3.63) is 18.0 Å². The first-order valence-corrected chi connectivity index (χ1v) is 5.73. The van der Waals surface area contributed by atoms with Gasteiger partial charge in [0, 0.05) is 12.6 Å². The minimum absolute atomic E-state index is 0.299. The van der Waals surface area contributed by atoms with E-state index in [-0.39, 0.29) is 11.9 Å². The number of aliphatic carboxylic acids is 1. The van der Waals surface area contributed by atoms with Crippen molar-refractivity contribution in [3.63, 3.8) is 0 Å². The molecule has 0 radical (unpaired) electrons. The molecule has 7 nitrogen and oxygen atoms in total. The maximum Gasteiger partial charge on any atom is 0.315 e. The van der Waals surface area contributed by atoms with Crippen molar-refractivity contribution in [2.45, 2.75) is 26.3 Å². The number of urea groups is 1. The molecule has 0 aliphatic carbocycles. The number of hydrogen-bond donors (Lipinski definition) is 3. The number of carbonyl (C=O) groups is 2. The summed E-state index contributed by atoms with van der Waals surface area (Å²) in [7, 11) is 0. The standard InChI is InChI=1S/C11H17N3O4/c1-8(10(15)16)3-2-5-12-11(17)13-7-9-4-6-18-14-9/h4,6,8H,2-3,5,7H2,1H3,(H,15,16)(H2,12,13,17). The lowest BCUT2D eigenvalue weighted by atomic mass is 10.1. The second-order valence-corrected chi connectivity index (χ2v) is 3.98. The Balaban J connectivity index is 2.05. The highest BCUT2D eigenvalue weighted by Crippen LogP contribution is 2.04. The van der Waals surface area contributed by atoms with E-state index >= 15 is 0 Å². The molecule has 0 aliphatic rings. The molecule has 0 saturated heterocycles. The van der Waals surface area contributed by atoms with Gasteiger partial charge in [-0.1, -0.05) is 12.1 Å². The van der Waals surface area contributed by atoms with E-state index in [2.05, 4.69) is 20.3 Å². The van der Waals surface area contributed by atoms with E-state index in [0.717, 1.165) is 0 Å². The summed E-state index contributed by atoms with van der Waals surface area (Å²) in [6, 6.07) is 1.36. The maximum atomic E-state index is 11.3. The molecule has 3 N–H and O–H groups in total. The van der Waals surface area contributed by atoms with Gasteiger partial charge in [-0.15, -0.1) is 0 Å². The van der Waals surface area contributed by atoms with E-state index in [1.807, 2.05) is 0 Å². The highest BCUT2D eigenvalue weighted by molar-refractivity contribution is 5.73. The third-order valence-corrected chi connectivity index (χ3v) is 2.44. The van der Waals surface area contributed by atoms with E-state index in [4.69, 9.17) is 5.11 Å². The van der Waals surface area contributed by atoms with Crippen molar-refractivity contribution in [2.75, 3.05) is 6.54 Å². The molecule has 18 heavy (non-hydrogen) atoms. The van der Waals surface area contributed by atoms with Crippen LogP contribution < -0.4 is 10.6 Å². The topological polar surface area (TPSA) is 104 Å². The fraction of sp³-hybridized carbons (Fsp3) is 0.545. The summed E-state index contributed by atoms with van der Waals surface area (Å²) in [6.45, 7) is 2.39. The summed E-state index contributed by atoms with van der Waals surface area (Å²) in [6.07, 6.45) is 2.60. The molecule has 1 atom stereocenters. The van der Waals surface area contributed by atoms with Crippen LogP contribution in [0.25, 0.3) is 0 Å². The number of carboxylic acid groups (broad SMARTS) is 1.